The fraction of sp³-hybridized carbons (Fsp3) is 0.900. The number of carbonyl (C=O) groups excluding carboxylic acids is 1. The van der Waals surface area contributed by atoms with E-state index in [1.54, 1.807) is 6.92 Å². The van der Waals surface area contributed by atoms with Crippen molar-refractivity contribution in [3.05, 3.63) is 0 Å². The number of hydrogen-bond donors (Lipinski definition) is 2. The van der Waals surface area contributed by atoms with Crippen molar-refractivity contribution in [2.45, 2.75) is 44.2 Å². The van der Waals surface area contributed by atoms with Crippen molar-refractivity contribution in [3.63, 3.8) is 0 Å². The third kappa shape index (κ3) is 5.23. The Kier molecular flexibility index (Phi) is 5.90. The van der Waals surface area contributed by atoms with Crippen LogP contribution in [-0.4, -0.2) is 37.9 Å². The molecule has 17 heavy (non-hydrogen) atoms. The predicted octanol–water partition coefficient (Wildman–Crippen LogP) is 0.229. The number of rotatable bonds is 4. The number of nitrogens with one attached hydrogen (secondary N) is 1. The molecule has 5 nitrogen and oxygen atoms in total. The molecule has 0 aromatic rings. The van der Waals surface area contributed by atoms with Crippen molar-refractivity contribution < 1.29 is 13.2 Å². The third-order valence-corrected chi connectivity index (χ3v) is 3.98. The molecular formula is C10H21ClN2O3S. The van der Waals surface area contributed by atoms with Gasteiger partial charge in [0.2, 0.25) is 5.91 Å². The van der Waals surface area contributed by atoms with E-state index in [1.165, 1.54) is 0 Å². The van der Waals surface area contributed by atoms with E-state index in [9.17, 15) is 13.2 Å². The maximum atomic E-state index is 11.8. The van der Waals surface area contributed by atoms with Gasteiger partial charge >= 0.3 is 0 Å². The number of amides is 1. The van der Waals surface area contributed by atoms with Crippen LogP contribution in [-0.2, 0) is 14.6 Å². The molecule has 1 unspecified atom stereocenters. The lowest BCUT2D eigenvalue weighted by atomic mass is 9.98. The van der Waals surface area contributed by atoms with Gasteiger partial charge in [-0.25, -0.2) is 8.42 Å². The minimum Gasteiger partial charge on any atom is -0.351 e. The Morgan fingerprint density at radius 1 is 1.41 bits per heavy atom. The van der Waals surface area contributed by atoms with Crippen LogP contribution < -0.4 is 11.1 Å². The first kappa shape index (κ1) is 16.7. The van der Waals surface area contributed by atoms with Crippen LogP contribution in [0.4, 0.5) is 0 Å². The first-order valence-corrected chi connectivity index (χ1v) is 7.56. The standard InChI is InChI=1S/C10H20N2O3S.ClH/c1-8(7-16(2,14)15)12-9(13)10(11)5-3-4-6-10;/h8H,3-7,11H2,1-2H3,(H,12,13);1H. The van der Waals surface area contributed by atoms with Gasteiger partial charge in [-0.2, -0.15) is 0 Å². The van der Waals surface area contributed by atoms with Gasteiger partial charge in [-0.3, -0.25) is 4.79 Å². The zero-order valence-corrected chi connectivity index (χ0v) is 11.9. The molecule has 1 aliphatic rings. The highest BCUT2D eigenvalue weighted by Crippen LogP contribution is 2.27. The van der Waals surface area contributed by atoms with Gasteiger partial charge in [0, 0.05) is 12.3 Å². The van der Waals surface area contributed by atoms with E-state index in [-0.39, 0.29) is 30.1 Å². The largest absolute Gasteiger partial charge is 0.351 e. The van der Waals surface area contributed by atoms with Crippen molar-refractivity contribution in [1.29, 1.82) is 0 Å². The van der Waals surface area contributed by atoms with E-state index >= 15 is 0 Å². The molecule has 0 aliphatic heterocycles. The predicted molar refractivity (Wildman–Crippen MR) is 69.9 cm³/mol. The summed E-state index contributed by atoms with van der Waals surface area (Å²) in [6.45, 7) is 1.68. The second kappa shape index (κ2) is 6.02. The van der Waals surface area contributed by atoms with Gasteiger partial charge in [0.05, 0.1) is 11.3 Å². The quantitative estimate of drug-likeness (QED) is 0.773. The van der Waals surface area contributed by atoms with Crippen molar-refractivity contribution in [2.24, 2.45) is 5.73 Å². The zero-order chi connectivity index (χ0) is 12.4. The average molecular weight is 285 g/mol. The summed E-state index contributed by atoms with van der Waals surface area (Å²) in [7, 11) is -3.07. The van der Waals surface area contributed by atoms with Gasteiger partial charge in [0.15, 0.2) is 0 Å². The van der Waals surface area contributed by atoms with Crippen LogP contribution in [0.25, 0.3) is 0 Å². The van der Waals surface area contributed by atoms with Crippen LogP contribution in [0, 0.1) is 0 Å². The molecule has 1 amide bonds. The van der Waals surface area contributed by atoms with E-state index in [1.807, 2.05) is 0 Å². The smallest absolute Gasteiger partial charge is 0.240 e. The summed E-state index contributed by atoms with van der Waals surface area (Å²) in [6.07, 6.45) is 4.45. The molecule has 0 radical (unpaired) electrons. The molecule has 0 aromatic heterocycles. The lowest BCUT2D eigenvalue weighted by Gasteiger charge is -2.24. The Morgan fingerprint density at radius 2 is 1.88 bits per heavy atom. The Morgan fingerprint density at radius 3 is 2.29 bits per heavy atom. The SMILES string of the molecule is CC(CS(C)(=O)=O)NC(=O)C1(N)CCCC1.Cl. The summed E-state index contributed by atoms with van der Waals surface area (Å²) in [6, 6.07) is -0.386. The summed E-state index contributed by atoms with van der Waals surface area (Å²) in [4.78, 5) is 11.8. The Bertz CT molecular complexity index is 364. The van der Waals surface area contributed by atoms with Crippen LogP contribution in [0.3, 0.4) is 0 Å². The molecule has 0 heterocycles. The Balaban J connectivity index is 0.00000256. The van der Waals surface area contributed by atoms with Crippen LogP contribution in [0.15, 0.2) is 0 Å². The minimum atomic E-state index is -3.07. The molecule has 0 saturated heterocycles. The van der Waals surface area contributed by atoms with Crippen LogP contribution >= 0.6 is 12.4 Å². The van der Waals surface area contributed by atoms with Crippen molar-refractivity contribution in [1.82, 2.24) is 5.32 Å². The van der Waals surface area contributed by atoms with Gasteiger partial charge in [0.25, 0.3) is 0 Å². The minimum absolute atomic E-state index is 0. The van der Waals surface area contributed by atoms with Gasteiger partial charge in [-0.1, -0.05) is 12.8 Å². The molecular weight excluding hydrogens is 264 g/mol. The monoisotopic (exact) mass is 284 g/mol. The normalized spacial score (nSPS) is 20.4. The van der Waals surface area contributed by atoms with E-state index in [0.29, 0.717) is 12.8 Å². The second-order valence-corrected chi connectivity index (χ2v) is 7.02. The molecule has 1 atom stereocenters. The van der Waals surface area contributed by atoms with Gasteiger partial charge < -0.3 is 11.1 Å². The van der Waals surface area contributed by atoms with Crippen molar-refractivity contribution in [3.8, 4) is 0 Å². The Hall–Kier alpha value is -0.330. The summed E-state index contributed by atoms with van der Waals surface area (Å²) in [5, 5.41) is 2.68. The molecule has 0 bridgehead atoms. The maximum Gasteiger partial charge on any atom is 0.240 e. The molecule has 7 heteroatoms. The maximum absolute atomic E-state index is 11.8. The number of hydrogen-bond acceptors (Lipinski definition) is 4. The summed E-state index contributed by atoms with van der Waals surface area (Å²) >= 11 is 0. The lowest BCUT2D eigenvalue weighted by molar-refractivity contribution is -0.126. The summed E-state index contributed by atoms with van der Waals surface area (Å²) < 4.78 is 22.1. The summed E-state index contributed by atoms with van der Waals surface area (Å²) in [5.41, 5.74) is 5.17. The number of sulfone groups is 1. The molecule has 3 N–H and O–H groups in total. The van der Waals surface area contributed by atoms with Crippen LogP contribution in [0.5, 0.6) is 0 Å². The molecule has 1 aliphatic carbocycles. The van der Waals surface area contributed by atoms with Crippen molar-refractivity contribution >= 4 is 28.2 Å². The first-order chi connectivity index (χ1) is 7.23. The molecule has 102 valence electrons. The second-order valence-electron chi connectivity index (χ2n) is 4.83. The highest BCUT2D eigenvalue weighted by atomic mass is 35.5. The number of nitrogens with two attached hydrogens (primary N) is 1. The van der Waals surface area contributed by atoms with E-state index in [2.05, 4.69) is 5.32 Å². The van der Waals surface area contributed by atoms with Gasteiger partial charge in [0.1, 0.15) is 9.84 Å². The fourth-order valence-corrected chi connectivity index (χ4v) is 3.09. The van der Waals surface area contributed by atoms with Crippen LogP contribution in [0.1, 0.15) is 32.6 Å². The molecule has 0 spiro atoms. The van der Waals surface area contributed by atoms with E-state index in [4.69, 9.17) is 5.73 Å². The highest BCUT2D eigenvalue weighted by molar-refractivity contribution is 7.90. The zero-order valence-electron chi connectivity index (χ0n) is 10.2. The molecule has 1 fully saturated rings. The highest BCUT2D eigenvalue weighted by Gasteiger charge is 2.37. The van der Waals surface area contributed by atoms with Crippen molar-refractivity contribution in [2.75, 3.05) is 12.0 Å². The lowest BCUT2D eigenvalue weighted by Crippen LogP contribution is -2.54. The Labute approximate surface area is 109 Å². The first-order valence-electron chi connectivity index (χ1n) is 5.50. The molecule has 1 saturated carbocycles. The number of halogens is 1. The van der Waals surface area contributed by atoms with Gasteiger partial charge in [-0.15, -0.1) is 12.4 Å². The van der Waals surface area contributed by atoms with E-state index < -0.39 is 15.4 Å². The summed E-state index contributed by atoms with van der Waals surface area (Å²) in [5.74, 6) is -0.268. The molecule has 0 aromatic carbocycles. The van der Waals surface area contributed by atoms with E-state index in [0.717, 1.165) is 19.1 Å². The topological polar surface area (TPSA) is 89.3 Å². The number of carbonyl (C=O) groups is 1. The fourth-order valence-electron chi connectivity index (χ4n) is 2.10. The van der Waals surface area contributed by atoms with Gasteiger partial charge in [-0.05, 0) is 19.8 Å². The molecule has 1 rings (SSSR count). The van der Waals surface area contributed by atoms with Crippen LogP contribution in [0.2, 0.25) is 0 Å². The third-order valence-electron chi connectivity index (χ3n) is 2.88. The average Bonchev–Trinajstić information content (AvgIpc) is 2.49.